The first-order valence-corrected chi connectivity index (χ1v) is 9.97. The van der Waals surface area contributed by atoms with Gasteiger partial charge in [0.25, 0.3) is 11.6 Å². The minimum Gasteiger partial charge on any atom is -0.493 e. The van der Waals surface area contributed by atoms with Crippen molar-refractivity contribution in [1.82, 2.24) is 4.57 Å². The molecule has 0 bridgehead atoms. The summed E-state index contributed by atoms with van der Waals surface area (Å²) in [5.41, 5.74) is 0.453. The van der Waals surface area contributed by atoms with Crippen LogP contribution in [-0.2, 0) is 11.3 Å². The Labute approximate surface area is 176 Å². The highest BCUT2D eigenvalue weighted by molar-refractivity contribution is 7.16. The van der Waals surface area contributed by atoms with Crippen LogP contribution in [0.15, 0.2) is 41.4 Å². The minimum absolute atomic E-state index is 0.0634. The molecule has 3 rings (SSSR count). The molecular formula is C20H21N3O6S. The number of aromatic nitrogens is 1. The van der Waals surface area contributed by atoms with E-state index in [1.165, 1.54) is 29.5 Å². The molecule has 0 fully saturated rings. The fraction of sp³-hybridized carbons (Fsp3) is 0.300. The zero-order valence-corrected chi connectivity index (χ0v) is 17.6. The second kappa shape index (κ2) is 9.51. The normalized spacial score (nSPS) is 11.6. The summed E-state index contributed by atoms with van der Waals surface area (Å²) in [6, 6.07) is 9.38. The highest BCUT2D eigenvalue weighted by atomic mass is 32.1. The summed E-state index contributed by atoms with van der Waals surface area (Å²) < 4.78 is 18.9. The fourth-order valence-corrected chi connectivity index (χ4v) is 4.02. The van der Waals surface area contributed by atoms with Gasteiger partial charge in [0.05, 0.1) is 36.0 Å². The van der Waals surface area contributed by atoms with Crippen molar-refractivity contribution in [3.63, 3.8) is 0 Å². The van der Waals surface area contributed by atoms with Crippen molar-refractivity contribution in [2.75, 3.05) is 27.4 Å². The molecule has 158 valence electrons. The maximum atomic E-state index is 12.8. The van der Waals surface area contributed by atoms with Crippen LogP contribution < -0.4 is 14.3 Å². The fourth-order valence-electron chi connectivity index (χ4n) is 2.96. The lowest BCUT2D eigenvalue weighted by Gasteiger charge is -2.09. The highest BCUT2D eigenvalue weighted by Gasteiger charge is 2.20. The number of amides is 1. The van der Waals surface area contributed by atoms with Gasteiger partial charge in [0.2, 0.25) is 0 Å². The summed E-state index contributed by atoms with van der Waals surface area (Å²) in [4.78, 5) is 28.1. The topological polar surface area (TPSA) is 105 Å². The maximum Gasteiger partial charge on any atom is 0.286 e. The van der Waals surface area contributed by atoms with E-state index in [2.05, 4.69) is 4.99 Å². The van der Waals surface area contributed by atoms with Crippen LogP contribution in [0, 0.1) is 10.1 Å². The van der Waals surface area contributed by atoms with Gasteiger partial charge in [0, 0.05) is 31.4 Å². The summed E-state index contributed by atoms with van der Waals surface area (Å²) in [5, 5.41) is 11.3. The number of nitro benzene ring substituents is 1. The quantitative estimate of drug-likeness (QED) is 0.307. The Morgan fingerprint density at radius 2 is 1.90 bits per heavy atom. The second-order valence-corrected chi connectivity index (χ2v) is 7.11. The predicted molar refractivity (Wildman–Crippen MR) is 112 cm³/mol. The van der Waals surface area contributed by atoms with Gasteiger partial charge in [-0.05, 0) is 13.0 Å². The monoisotopic (exact) mass is 431 g/mol. The number of nitrogens with zero attached hydrogens (tertiary/aromatic N) is 3. The molecule has 0 saturated heterocycles. The Morgan fingerprint density at radius 3 is 2.57 bits per heavy atom. The predicted octanol–water partition coefficient (Wildman–Crippen LogP) is 3.41. The molecule has 0 aliphatic heterocycles. The molecule has 30 heavy (non-hydrogen) atoms. The van der Waals surface area contributed by atoms with Crippen molar-refractivity contribution in [2.24, 2.45) is 4.99 Å². The number of methoxy groups -OCH3 is 2. The van der Waals surface area contributed by atoms with Crippen LogP contribution in [0.2, 0.25) is 0 Å². The van der Waals surface area contributed by atoms with Crippen molar-refractivity contribution in [1.29, 1.82) is 0 Å². The van der Waals surface area contributed by atoms with Crippen molar-refractivity contribution >= 4 is 33.1 Å². The van der Waals surface area contributed by atoms with Gasteiger partial charge in [-0.25, -0.2) is 0 Å². The van der Waals surface area contributed by atoms with Gasteiger partial charge in [-0.15, -0.1) is 0 Å². The number of hydrogen-bond donors (Lipinski definition) is 0. The molecule has 0 aliphatic rings. The Morgan fingerprint density at radius 1 is 1.20 bits per heavy atom. The van der Waals surface area contributed by atoms with E-state index in [0.29, 0.717) is 36.1 Å². The third-order valence-electron chi connectivity index (χ3n) is 4.38. The molecule has 0 N–H and O–H groups in total. The molecule has 1 amide bonds. The molecule has 3 aromatic rings. The number of para-hydroxylation sites is 1. The number of rotatable bonds is 8. The van der Waals surface area contributed by atoms with Crippen LogP contribution in [-0.4, -0.2) is 42.8 Å². The van der Waals surface area contributed by atoms with E-state index in [-0.39, 0.29) is 11.3 Å². The first-order valence-electron chi connectivity index (χ1n) is 9.15. The van der Waals surface area contributed by atoms with E-state index in [0.717, 1.165) is 10.2 Å². The number of hydrogen-bond acceptors (Lipinski definition) is 7. The molecule has 10 heteroatoms. The standard InChI is InChI=1S/C20H21N3O6S/c1-4-29-10-9-22-15-11-16(27-2)17(28-3)12-18(15)30-20(22)21-19(24)13-7-5-6-8-14(13)23(25)26/h5-8,11-12H,4,9-10H2,1-3H3. The van der Waals surface area contributed by atoms with Gasteiger partial charge in [-0.2, -0.15) is 4.99 Å². The van der Waals surface area contributed by atoms with Crippen LogP contribution in [0.25, 0.3) is 10.2 Å². The number of thiazole rings is 1. The lowest BCUT2D eigenvalue weighted by Crippen LogP contribution is -2.20. The molecule has 1 aromatic heterocycles. The molecule has 0 saturated carbocycles. The lowest BCUT2D eigenvalue weighted by molar-refractivity contribution is -0.385. The molecule has 2 aromatic carbocycles. The van der Waals surface area contributed by atoms with Crippen LogP contribution in [0.3, 0.4) is 0 Å². The molecule has 0 spiro atoms. The van der Waals surface area contributed by atoms with E-state index in [9.17, 15) is 14.9 Å². The molecule has 9 nitrogen and oxygen atoms in total. The molecule has 0 aliphatic carbocycles. The van der Waals surface area contributed by atoms with Crippen molar-refractivity contribution < 1.29 is 23.9 Å². The van der Waals surface area contributed by atoms with E-state index in [1.807, 2.05) is 23.6 Å². The van der Waals surface area contributed by atoms with Crippen LogP contribution in [0.5, 0.6) is 11.5 Å². The zero-order chi connectivity index (χ0) is 21.7. The first-order chi connectivity index (χ1) is 14.5. The third kappa shape index (κ3) is 4.34. The summed E-state index contributed by atoms with van der Waals surface area (Å²) in [6.45, 7) is 3.32. The summed E-state index contributed by atoms with van der Waals surface area (Å²) in [6.07, 6.45) is 0. The Kier molecular flexibility index (Phi) is 6.80. The minimum atomic E-state index is -0.682. The summed E-state index contributed by atoms with van der Waals surface area (Å²) in [5.74, 6) is 0.419. The van der Waals surface area contributed by atoms with Crippen LogP contribution >= 0.6 is 11.3 Å². The van der Waals surface area contributed by atoms with E-state index in [1.54, 1.807) is 20.3 Å². The molecule has 0 radical (unpaired) electrons. The Hall–Kier alpha value is -3.24. The summed E-state index contributed by atoms with van der Waals surface area (Å²) >= 11 is 1.28. The van der Waals surface area contributed by atoms with Crippen LogP contribution in [0.4, 0.5) is 5.69 Å². The van der Waals surface area contributed by atoms with Gasteiger partial charge in [0.15, 0.2) is 16.3 Å². The number of benzene rings is 2. The second-order valence-electron chi connectivity index (χ2n) is 6.10. The Balaban J connectivity index is 2.17. The van der Waals surface area contributed by atoms with Gasteiger partial charge in [-0.1, -0.05) is 23.5 Å². The average molecular weight is 431 g/mol. The van der Waals surface area contributed by atoms with E-state index < -0.39 is 10.8 Å². The Bertz CT molecular complexity index is 1150. The average Bonchev–Trinajstić information content (AvgIpc) is 3.08. The van der Waals surface area contributed by atoms with E-state index >= 15 is 0 Å². The van der Waals surface area contributed by atoms with Crippen LogP contribution in [0.1, 0.15) is 17.3 Å². The van der Waals surface area contributed by atoms with Gasteiger partial charge < -0.3 is 18.8 Å². The zero-order valence-electron chi connectivity index (χ0n) is 16.8. The largest absolute Gasteiger partial charge is 0.493 e. The number of nitro groups is 1. The van der Waals surface area contributed by atoms with Crippen molar-refractivity contribution in [3.8, 4) is 11.5 Å². The smallest absolute Gasteiger partial charge is 0.286 e. The van der Waals surface area contributed by atoms with Crippen molar-refractivity contribution in [2.45, 2.75) is 13.5 Å². The number of carbonyl (C=O) groups excluding carboxylic acids is 1. The number of fused-ring (bicyclic) bond motifs is 1. The molecule has 0 unspecified atom stereocenters. The molecular weight excluding hydrogens is 410 g/mol. The van der Waals surface area contributed by atoms with Gasteiger partial charge >= 0.3 is 0 Å². The van der Waals surface area contributed by atoms with Gasteiger partial charge in [-0.3, -0.25) is 14.9 Å². The van der Waals surface area contributed by atoms with Gasteiger partial charge in [0.1, 0.15) is 5.56 Å². The third-order valence-corrected chi connectivity index (χ3v) is 5.42. The number of carbonyl (C=O) groups is 1. The molecule has 0 atom stereocenters. The maximum absolute atomic E-state index is 12.8. The lowest BCUT2D eigenvalue weighted by atomic mass is 10.2. The number of ether oxygens (including phenoxy) is 3. The van der Waals surface area contributed by atoms with Crippen molar-refractivity contribution in [3.05, 3.63) is 56.9 Å². The highest BCUT2D eigenvalue weighted by Crippen LogP contribution is 2.33. The van der Waals surface area contributed by atoms with E-state index in [4.69, 9.17) is 14.2 Å². The summed E-state index contributed by atoms with van der Waals surface area (Å²) in [7, 11) is 3.09. The molecule has 1 heterocycles. The first kappa shape index (κ1) is 21.5. The SMILES string of the molecule is CCOCCn1c(=NC(=O)c2ccccc2[N+](=O)[O-])sc2cc(OC)c(OC)cc21.